The Kier molecular flexibility index (Phi) is 6.94. The zero-order chi connectivity index (χ0) is 25.2. The molecule has 2 aromatic carbocycles. The number of benzene rings is 2. The number of aliphatic carboxylic acids is 1. The maximum absolute atomic E-state index is 12.6. The Morgan fingerprint density at radius 2 is 1.81 bits per heavy atom. The molecule has 2 aliphatic rings. The predicted octanol–water partition coefficient (Wildman–Crippen LogP) is 6.79. The molecule has 5 nitrogen and oxygen atoms in total. The minimum absolute atomic E-state index is 0.0243. The van der Waals surface area contributed by atoms with Crippen molar-refractivity contribution in [3.8, 4) is 0 Å². The van der Waals surface area contributed by atoms with Crippen molar-refractivity contribution >= 4 is 28.9 Å². The summed E-state index contributed by atoms with van der Waals surface area (Å²) in [5.41, 5.74) is 3.77. The Bertz CT molecular complexity index is 1210. The minimum atomic E-state index is -0.980. The summed E-state index contributed by atoms with van der Waals surface area (Å²) in [5.74, 6) is 0.210. The number of carboxylic acid groups (broad SMARTS) is 1. The van der Waals surface area contributed by atoms with Crippen molar-refractivity contribution in [2.75, 3.05) is 17.2 Å². The van der Waals surface area contributed by atoms with Gasteiger partial charge in [-0.05, 0) is 97.2 Å². The van der Waals surface area contributed by atoms with Gasteiger partial charge in [-0.25, -0.2) is 4.79 Å². The normalized spacial score (nSPS) is 25.8. The van der Waals surface area contributed by atoms with Gasteiger partial charge in [0.2, 0.25) is 0 Å². The highest BCUT2D eigenvalue weighted by Crippen LogP contribution is 2.56. The van der Waals surface area contributed by atoms with Gasteiger partial charge in [-0.15, -0.1) is 0 Å². The van der Waals surface area contributed by atoms with E-state index in [2.05, 4.69) is 46.8 Å². The Balaban J connectivity index is 1.35. The molecule has 0 aliphatic heterocycles. The van der Waals surface area contributed by atoms with Gasteiger partial charge in [-0.3, -0.25) is 4.98 Å². The lowest BCUT2D eigenvalue weighted by atomic mass is 9.59. The van der Waals surface area contributed by atoms with Crippen LogP contribution >= 0.6 is 11.6 Å². The first-order valence-electron chi connectivity index (χ1n) is 12.9. The number of rotatable bonds is 8. The fraction of sp³-hybridized carbons (Fsp3) is 0.400. The summed E-state index contributed by atoms with van der Waals surface area (Å²) in [5, 5.41) is 17.8. The zero-order valence-electron chi connectivity index (χ0n) is 20.7. The van der Waals surface area contributed by atoms with E-state index < -0.39 is 11.5 Å². The van der Waals surface area contributed by atoms with Crippen LogP contribution in [0, 0.1) is 11.8 Å². The van der Waals surface area contributed by atoms with Crippen molar-refractivity contribution in [2.45, 2.75) is 56.4 Å². The molecule has 3 N–H and O–H groups in total. The van der Waals surface area contributed by atoms with E-state index in [4.69, 9.17) is 11.6 Å². The first kappa shape index (κ1) is 24.6. The van der Waals surface area contributed by atoms with Crippen LogP contribution in [-0.4, -0.2) is 28.1 Å². The monoisotopic (exact) mass is 503 g/mol. The molecule has 188 valence electrons. The van der Waals surface area contributed by atoms with Gasteiger partial charge in [0, 0.05) is 35.3 Å². The van der Waals surface area contributed by atoms with Crippen LogP contribution in [-0.2, 0) is 16.6 Å². The van der Waals surface area contributed by atoms with E-state index in [0.29, 0.717) is 29.7 Å². The number of carbonyl (C=O) groups is 1. The van der Waals surface area contributed by atoms with E-state index in [9.17, 15) is 9.90 Å². The van der Waals surface area contributed by atoms with Crippen LogP contribution in [0.5, 0.6) is 0 Å². The number of nitrogens with zero attached hydrogens (tertiary/aromatic N) is 1. The van der Waals surface area contributed by atoms with Gasteiger partial charge in [0.1, 0.15) is 5.54 Å². The number of hydrogen-bond donors (Lipinski definition) is 3. The minimum Gasteiger partial charge on any atom is -0.480 e. The molecule has 2 aliphatic carbocycles. The smallest absolute Gasteiger partial charge is 0.329 e. The number of halogens is 1. The van der Waals surface area contributed by atoms with Crippen molar-refractivity contribution < 1.29 is 9.90 Å². The Hall–Kier alpha value is -3.05. The van der Waals surface area contributed by atoms with Gasteiger partial charge in [0.05, 0.1) is 0 Å². The first-order chi connectivity index (χ1) is 17.4. The lowest BCUT2D eigenvalue weighted by Crippen LogP contribution is -2.53. The summed E-state index contributed by atoms with van der Waals surface area (Å²) in [4.78, 5) is 16.7. The van der Waals surface area contributed by atoms with Crippen molar-refractivity contribution in [2.24, 2.45) is 11.8 Å². The van der Waals surface area contributed by atoms with E-state index in [1.54, 1.807) is 6.07 Å². The van der Waals surface area contributed by atoms with Crippen molar-refractivity contribution in [1.82, 2.24) is 4.98 Å². The van der Waals surface area contributed by atoms with Crippen molar-refractivity contribution in [1.29, 1.82) is 0 Å². The van der Waals surface area contributed by atoms with Crippen molar-refractivity contribution in [3.63, 3.8) is 0 Å². The summed E-state index contributed by atoms with van der Waals surface area (Å²) in [6.45, 7) is 3.22. The number of fused-ring (bicyclic) bond motifs is 2. The molecule has 0 bridgehead atoms. The molecule has 1 saturated carbocycles. The van der Waals surface area contributed by atoms with Gasteiger partial charge in [-0.2, -0.15) is 0 Å². The van der Waals surface area contributed by atoms with Crippen LogP contribution in [0.25, 0.3) is 0 Å². The molecule has 1 aromatic heterocycles. The fourth-order valence-corrected chi connectivity index (χ4v) is 6.73. The standard InChI is InChI=1S/C30H34ClN3O2/c1-21(20-33-25-9-15-32-16-10-25)17-23-18-22-5-2-3-8-27(22)29(23)11-13-30(14-12-29,28(35)36)34-26-7-4-6-24(31)19-26/h2-10,15-16,19,21,23,34H,11-14,17-18,20H2,1H3,(H,32,33)(H,35,36)/t21-,23?,29?,30?/m1/s1. The number of pyridine rings is 1. The molecule has 5 rings (SSSR count). The molecule has 1 fully saturated rings. The van der Waals surface area contributed by atoms with E-state index in [1.165, 1.54) is 11.1 Å². The Morgan fingerprint density at radius 3 is 2.53 bits per heavy atom. The summed E-state index contributed by atoms with van der Waals surface area (Å²) < 4.78 is 0. The van der Waals surface area contributed by atoms with E-state index in [1.807, 2.05) is 42.7 Å². The molecule has 2 atom stereocenters. The van der Waals surface area contributed by atoms with E-state index in [-0.39, 0.29) is 5.41 Å². The lowest BCUT2D eigenvalue weighted by molar-refractivity contribution is -0.144. The largest absolute Gasteiger partial charge is 0.480 e. The molecule has 1 spiro atoms. The molecule has 1 heterocycles. The SMILES string of the molecule is C[C@@H](CNc1ccncc1)CC1Cc2ccccc2C12CCC(Nc1cccc(Cl)c1)(C(=O)O)CC2. The van der Waals surface area contributed by atoms with Gasteiger partial charge in [0.25, 0.3) is 0 Å². The average Bonchev–Trinajstić information content (AvgIpc) is 3.17. The van der Waals surface area contributed by atoms with Gasteiger partial charge in [0.15, 0.2) is 0 Å². The summed E-state index contributed by atoms with van der Waals surface area (Å²) >= 11 is 6.18. The summed E-state index contributed by atoms with van der Waals surface area (Å²) in [7, 11) is 0. The number of carboxylic acids is 1. The molecule has 0 radical (unpaired) electrons. The molecule has 1 unspecified atom stereocenters. The molecular weight excluding hydrogens is 470 g/mol. The second-order valence-corrected chi connectivity index (χ2v) is 11.1. The maximum Gasteiger partial charge on any atom is 0.329 e. The lowest BCUT2D eigenvalue weighted by Gasteiger charge is -2.47. The molecule has 0 amide bonds. The first-order valence-corrected chi connectivity index (χ1v) is 13.3. The molecule has 3 aromatic rings. The average molecular weight is 504 g/mol. The Morgan fingerprint density at radius 1 is 1.06 bits per heavy atom. The summed E-state index contributed by atoms with van der Waals surface area (Å²) in [6, 6.07) is 20.2. The highest BCUT2D eigenvalue weighted by molar-refractivity contribution is 6.30. The third kappa shape index (κ3) is 4.81. The van der Waals surface area contributed by atoms with Crippen LogP contribution in [0.1, 0.15) is 50.2 Å². The predicted molar refractivity (Wildman–Crippen MR) is 146 cm³/mol. The molecule has 36 heavy (non-hydrogen) atoms. The molecular formula is C30H34ClN3O2. The zero-order valence-corrected chi connectivity index (χ0v) is 21.5. The van der Waals surface area contributed by atoms with Crippen LogP contribution in [0.2, 0.25) is 5.02 Å². The van der Waals surface area contributed by atoms with Gasteiger partial charge >= 0.3 is 5.97 Å². The fourth-order valence-electron chi connectivity index (χ4n) is 6.54. The second-order valence-electron chi connectivity index (χ2n) is 10.7. The van der Waals surface area contributed by atoms with Gasteiger partial charge < -0.3 is 15.7 Å². The van der Waals surface area contributed by atoms with Crippen LogP contribution in [0.15, 0.2) is 73.1 Å². The quantitative estimate of drug-likeness (QED) is 0.315. The topological polar surface area (TPSA) is 74.2 Å². The third-order valence-electron chi connectivity index (χ3n) is 8.44. The van der Waals surface area contributed by atoms with Gasteiger partial charge in [-0.1, -0.05) is 48.9 Å². The van der Waals surface area contributed by atoms with Crippen molar-refractivity contribution in [3.05, 3.63) is 89.2 Å². The van der Waals surface area contributed by atoms with Crippen LogP contribution in [0.4, 0.5) is 11.4 Å². The third-order valence-corrected chi connectivity index (χ3v) is 8.67. The van der Waals surface area contributed by atoms with E-state index in [0.717, 1.165) is 43.6 Å². The highest BCUT2D eigenvalue weighted by atomic mass is 35.5. The second kappa shape index (κ2) is 10.1. The highest BCUT2D eigenvalue weighted by Gasteiger charge is 2.53. The van der Waals surface area contributed by atoms with Crippen LogP contribution < -0.4 is 10.6 Å². The Labute approximate surface area is 218 Å². The summed E-state index contributed by atoms with van der Waals surface area (Å²) in [6.07, 6.45) is 8.68. The maximum atomic E-state index is 12.6. The van der Waals surface area contributed by atoms with Crippen LogP contribution in [0.3, 0.4) is 0 Å². The number of anilines is 2. The van der Waals surface area contributed by atoms with E-state index >= 15 is 0 Å². The molecule has 6 heteroatoms. The number of aromatic nitrogens is 1. The molecule has 0 saturated heterocycles. The number of nitrogens with one attached hydrogen (secondary N) is 2. The number of hydrogen-bond acceptors (Lipinski definition) is 4.